The van der Waals surface area contributed by atoms with Crippen LogP contribution in [0.1, 0.15) is 34.6 Å². The average Bonchev–Trinajstić information content (AvgIpc) is 2.67. The maximum atomic E-state index is 8.29. The first-order valence-corrected chi connectivity index (χ1v) is 10.7. The van der Waals surface area contributed by atoms with Crippen LogP contribution in [-0.4, -0.2) is 56.9 Å². The van der Waals surface area contributed by atoms with Gasteiger partial charge in [-0.1, -0.05) is 11.8 Å². The van der Waals surface area contributed by atoms with Crippen molar-refractivity contribution in [2.45, 2.75) is 51.9 Å². The molecule has 2 heterocycles. The summed E-state index contributed by atoms with van der Waals surface area (Å²) in [7, 11) is 1.74. The molecule has 4 N–H and O–H groups in total. The van der Waals surface area contributed by atoms with Crippen molar-refractivity contribution >= 4 is 41.2 Å². The summed E-state index contributed by atoms with van der Waals surface area (Å²) in [5, 5.41) is 16.3. The van der Waals surface area contributed by atoms with Crippen LogP contribution in [0, 0.1) is 0 Å². The van der Waals surface area contributed by atoms with Gasteiger partial charge < -0.3 is 21.3 Å². The number of thioether (sulfide) groups is 1. The fraction of sp³-hybridized carbons (Fsp3) is 0.588. The van der Waals surface area contributed by atoms with Gasteiger partial charge in [0, 0.05) is 36.7 Å². The third-order valence-electron chi connectivity index (χ3n) is 3.09. The Hall–Kier alpha value is -3.05. The maximum absolute atomic E-state index is 8.29. The van der Waals surface area contributed by atoms with Crippen molar-refractivity contribution in [3.05, 3.63) is 16.5 Å². The van der Waals surface area contributed by atoms with Crippen molar-refractivity contribution < 1.29 is 0 Å². The summed E-state index contributed by atoms with van der Waals surface area (Å²) in [6.07, 6.45) is 1.95. The van der Waals surface area contributed by atoms with Crippen molar-refractivity contribution in [2.24, 2.45) is 5.11 Å². The van der Waals surface area contributed by atoms with Crippen molar-refractivity contribution in [1.29, 1.82) is 0 Å². The van der Waals surface area contributed by atoms with Gasteiger partial charge in [0.2, 0.25) is 17.8 Å². The van der Waals surface area contributed by atoms with E-state index < -0.39 is 0 Å². The van der Waals surface area contributed by atoms with Crippen LogP contribution >= 0.6 is 11.8 Å². The summed E-state index contributed by atoms with van der Waals surface area (Å²) >= 11 is 1.51. The molecule has 2 aromatic rings. The number of nitrogens with zero attached hydrogens (tertiary/aromatic N) is 8. The molecule has 0 radical (unpaired) electrons. The molecule has 0 amide bonds. The molecule has 0 aliphatic rings. The summed E-state index contributed by atoms with van der Waals surface area (Å²) in [4.78, 5) is 23.4. The van der Waals surface area contributed by atoms with Crippen molar-refractivity contribution in [2.75, 3.05) is 41.1 Å². The van der Waals surface area contributed by atoms with E-state index in [-0.39, 0.29) is 12.0 Å². The molecule has 13 heteroatoms. The normalized spacial score (nSPS) is 10.0. The molecular weight excluding hydrogens is 404 g/mol. The van der Waals surface area contributed by atoms with E-state index in [4.69, 9.17) is 5.53 Å². The van der Waals surface area contributed by atoms with Crippen LogP contribution in [0.4, 0.5) is 29.5 Å². The van der Waals surface area contributed by atoms with Gasteiger partial charge in [-0.3, -0.25) is 0 Å². The monoisotopic (exact) mass is 434 g/mol. The minimum absolute atomic E-state index is 0.104. The van der Waals surface area contributed by atoms with Crippen LogP contribution in [0.3, 0.4) is 0 Å². The average molecular weight is 435 g/mol. The zero-order chi connectivity index (χ0) is 22.5. The second kappa shape index (κ2) is 13.2. The molecule has 164 valence electrons. The Morgan fingerprint density at radius 1 is 1.00 bits per heavy atom. The van der Waals surface area contributed by atoms with E-state index in [9.17, 15) is 0 Å². The first kappa shape index (κ1) is 25.0. The number of hydrogen-bond acceptors (Lipinski definition) is 11. The van der Waals surface area contributed by atoms with Crippen LogP contribution in [0.5, 0.6) is 0 Å². The third kappa shape index (κ3) is 9.43. The van der Waals surface area contributed by atoms with E-state index in [0.717, 1.165) is 11.7 Å². The van der Waals surface area contributed by atoms with Crippen LogP contribution in [0.2, 0.25) is 0 Å². The zero-order valence-electron chi connectivity index (χ0n) is 18.4. The lowest BCUT2D eigenvalue weighted by Crippen LogP contribution is -2.15. The number of azide groups is 1. The van der Waals surface area contributed by atoms with Crippen LogP contribution in [0.15, 0.2) is 16.3 Å². The lowest BCUT2D eigenvalue weighted by molar-refractivity contribution is 0.835. The molecule has 0 atom stereocenters. The molecule has 0 bridgehead atoms. The molecule has 0 fully saturated rings. The van der Waals surface area contributed by atoms with E-state index in [2.05, 4.69) is 70.1 Å². The highest BCUT2D eigenvalue weighted by Gasteiger charge is 2.06. The summed E-state index contributed by atoms with van der Waals surface area (Å²) in [6.45, 7) is 10.9. The van der Waals surface area contributed by atoms with E-state index in [1.807, 2.05) is 27.0 Å². The first-order chi connectivity index (χ1) is 14.3. The highest BCUT2D eigenvalue weighted by molar-refractivity contribution is 7.98. The molecular formula is C17H30N12S. The molecule has 0 saturated heterocycles. The molecule has 0 saturated carbocycles. The quantitative estimate of drug-likeness (QED) is 0.195. The molecule has 0 aliphatic carbocycles. The lowest BCUT2D eigenvalue weighted by atomic mass is 10.4. The van der Waals surface area contributed by atoms with Gasteiger partial charge >= 0.3 is 0 Å². The van der Waals surface area contributed by atoms with E-state index in [1.165, 1.54) is 11.8 Å². The van der Waals surface area contributed by atoms with Crippen LogP contribution in [0.25, 0.3) is 10.4 Å². The van der Waals surface area contributed by atoms with Crippen LogP contribution in [-0.2, 0) is 0 Å². The Morgan fingerprint density at radius 3 is 2.17 bits per heavy atom. The van der Waals surface area contributed by atoms with Crippen molar-refractivity contribution in [1.82, 2.24) is 24.9 Å². The van der Waals surface area contributed by atoms with Crippen LogP contribution < -0.4 is 21.3 Å². The van der Waals surface area contributed by atoms with Gasteiger partial charge in [0.1, 0.15) is 11.6 Å². The Kier molecular flexibility index (Phi) is 11.0. The van der Waals surface area contributed by atoms with Gasteiger partial charge in [-0.2, -0.15) is 15.0 Å². The summed E-state index contributed by atoms with van der Waals surface area (Å²) in [6, 6.07) is 2.32. The molecule has 0 aromatic carbocycles. The maximum Gasteiger partial charge on any atom is 0.228 e. The zero-order valence-corrected chi connectivity index (χ0v) is 19.2. The molecule has 2 rings (SSSR count). The van der Waals surface area contributed by atoms with E-state index >= 15 is 0 Å². The highest BCUT2D eigenvalue weighted by Crippen LogP contribution is 2.16. The molecule has 30 heavy (non-hydrogen) atoms. The minimum Gasteiger partial charge on any atom is -0.373 e. The summed E-state index contributed by atoms with van der Waals surface area (Å²) in [5.74, 6) is 2.59. The minimum atomic E-state index is 0.104. The fourth-order valence-corrected chi connectivity index (χ4v) is 2.38. The third-order valence-corrected chi connectivity index (χ3v) is 3.64. The van der Waals surface area contributed by atoms with E-state index in [1.54, 1.807) is 13.1 Å². The SMILES string of the molecule is CCNc1nc(NC(C)C)nc(SC)n1.CNc1cc(NC(C)C)nc(N=[N+]=[N-])n1. The second-order valence-electron chi connectivity index (χ2n) is 6.48. The predicted molar refractivity (Wildman–Crippen MR) is 124 cm³/mol. The molecule has 2 aromatic heterocycles. The molecule has 0 aliphatic heterocycles. The summed E-state index contributed by atoms with van der Waals surface area (Å²) in [5.41, 5.74) is 8.29. The summed E-state index contributed by atoms with van der Waals surface area (Å²) < 4.78 is 0. The Morgan fingerprint density at radius 2 is 1.63 bits per heavy atom. The highest BCUT2D eigenvalue weighted by atomic mass is 32.2. The number of nitrogens with one attached hydrogen (secondary N) is 4. The fourth-order valence-electron chi connectivity index (χ4n) is 2.02. The van der Waals surface area contributed by atoms with Gasteiger partial charge in [0.25, 0.3) is 0 Å². The molecule has 12 nitrogen and oxygen atoms in total. The topological polar surface area (TPSA) is 161 Å². The number of hydrogen-bond donors (Lipinski definition) is 4. The van der Waals surface area contributed by atoms with Gasteiger partial charge in [0.15, 0.2) is 5.16 Å². The standard InChI is InChI=1S/C9H17N5S.C8H13N7/c1-5-10-7-12-8(11-6(2)3)14-9(13-7)15-4;1-5(2)11-7-4-6(10-3)12-8(13-7)14-15-9/h6H,5H2,1-4H3,(H2,10,11,12,13,14);4-5H,1-3H3,(H2,10,11,12,13). The number of rotatable bonds is 9. The second-order valence-corrected chi connectivity index (χ2v) is 7.25. The Labute approximate surface area is 181 Å². The lowest BCUT2D eigenvalue weighted by Gasteiger charge is -2.10. The smallest absolute Gasteiger partial charge is 0.228 e. The van der Waals surface area contributed by atoms with Gasteiger partial charge in [-0.05, 0) is 51.5 Å². The van der Waals surface area contributed by atoms with Crippen molar-refractivity contribution in [3.63, 3.8) is 0 Å². The number of aromatic nitrogens is 5. The number of anilines is 4. The Balaban J connectivity index is 0.000000300. The predicted octanol–water partition coefficient (Wildman–Crippen LogP) is 4.13. The molecule has 0 spiro atoms. The largest absolute Gasteiger partial charge is 0.373 e. The van der Waals surface area contributed by atoms with Gasteiger partial charge in [-0.25, -0.2) is 9.97 Å². The Bertz CT molecular complexity index is 835. The first-order valence-electron chi connectivity index (χ1n) is 9.50. The van der Waals surface area contributed by atoms with E-state index in [0.29, 0.717) is 29.6 Å². The molecule has 0 unspecified atom stereocenters. The van der Waals surface area contributed by atoms with Gasteiger partial charge in [0.05, 0.1) is 0 Å². The van der Waals surface area contributed by atoms with Gasteiger partial charge in [-0.15, -0.1) is 0 Å². The van der Waals surface area contributed by atoms with Crippen molar-refractivity contribution in [3.8, 4) is 0 Å².